The number of thioether (sulfide) groups is 1. The average Bonchev–Trinajstić information content (AvgIpc) is 2.16. The summed E-state index contributed by atoms with van der Waals surface area (Å²) < 4.78 is 0.316. The zero-order valence-electron chi connectivity index (χ0n) is 6.27. The van der Waals surface area contributed by atoms with Crippen molar-refractivity contribution in [2.24, 2.45) is 0 Å². The Hall–Kier alpha value is -0.620. The fourth-order valence-electron chi connectivity index (χ4n) is 0.846. The highest BCUT2D eigenvalue weighted by Gasteiger charge is 2.33. The van der Waals surface area contributed by atoms with Crippen LogP contribution in [-0.4, -0.2) is 32.9 Å². The maximum absolute atomic E-state index is 11.2. The van der Waals surface area contributed by atoms with E-state index in [1.54, 1.807) is 6.92 Å². The maximum atomic E-state index is 11.2. The third-order valence-electron chi connectivity index (χ3n) is 1.40. The Morgan fingerprint density at radius 1 is 1.83 bits per heavy atom. The van der Waals surface area contributed by atoms with Gasteiger partial charge < -0.3 is 9.90 Å². The van der Waals surface area contributed by atoms with Crippen LogP contribution in [0.4, 0.5) is 0 Å². The molecule has 0 saturated carbocycles. The normalized spacial score (nSPS) is 23.4. The van der Waals surface area contributed by atoms with Gasteiger partial charge in [0.2, 0.25) is 5.91 Å². The number of aliphatic carboxylic acids is 1. The summed E-state index contributed by atoms with van der Waals surface area (Å²) in [7, 11) is 0. The molecule has 1 fully saturated rings. The lowest BCUT2D eigenvalue weighted by Gasteiger charge is -2.14. The number of rotatable bonds is 2. The molecule has 0 aromatic rings. The average molecular weight is 204 g/mol. The van der Waals surface area contributed by atoms with Crippen LogP contribution in [0.15, 0.2) is 0 Å². The Labute approximate surface area is 78.9 Å². The molecule has 0 spiro atoms. The van der Waals surface area contributed by atoms with Gasteiger partial charge in [0.1, 0.15) is 4.32 Å². The molecule has 0 bridgehead atoms. The minimum atomic E-state index is -1.29. The van der Waals surface area contributed by atoms with Crippen molar-refractivity contribution in [2.45, 2.75) is 12.2 Å². The second-order valence-electron chi connectivity index (χ2n) is 2.32. The minimum Gasteiger partial charge on any atom is -0.548 e. The summed E-state index contributed by atoms with van der Waals surface area (Å²) >= 11 is 5.99. The molecule has 6 heteroatoms. The first kappa shape index (κ1) is 9.47. The summed E-state index contributed by atoms with van der Waals surface area (Å²) in [6.45, 7) is 1.25. The van der Waals surface area contributed by atoms with E-state index in [9.17, 15) is 14.7 Å². The number of carbonyl (C=O) groups excluding carboxylic acids is 2. The third-order valence-corrected chi connectivity index (χ3v) is 2.89. The molecule has 0 aromatic heterocycles. The highest BCUT2D eigenvalue weighted by molar-refractivity contribution is 8.24. The van der Waals surface area contributed by atoms with Crippen LogP contribution in [0.25, 0.3) is 0 Å². The summed E-state index contributed by atoms with van der Waals surface area (Å²) in [6, 6.07) is 0. The van der Waals surface area contributed by atoms with Crippen molar-refractivity contribution in [3.8, 4) is 0 Å². The lowest BCUT2D eigenvalue weighted by Crippen LogP contribution is -2.41. The molecule has 0 aliphatic carbocycles. The zero-order valence-corrected chi connectivity index (χ0v) is 7.91. The fourth-order valence-corrected chi connectivity index (χ4v) is 2.25. The highest BCUT2D eigenvalue weighted by Crippen LogP contribution is 2.25. The Balaban J connectivity index is 2.70. The lowest BCUT2D eigenvalue weighted by molar-refractivity contribution is -0.305. The highest BCUT2D eigenvalue weighted by atomic mass is 32.2. The van der Waals surface area contributed by atoms with Crippen molar-refractivity contribution in [3.63, 3.8) is 0 Å². The van der Waals surface area contributed by atoms with Crippen LogP contribution < -0.4 is 5.11 Å². The van der Waals surface area contributed by atoms with Crippen LogP contribution in [0.2, 0.25) is 0 Å². The number of thiocarbonyl (C=S) groups is 1. The van der Waals surface area contributed by atoms with Crippen LogP contribution in [0.1, 0.15) is 6.92 Å². The van der Waals surface area contributed by atoms with Crippen LogP contribution in [-0.2, 0) is 9.59 Å². The molecule has 1 saturated heterocycles. The van der Waals surface area contributed by atoms with Gasteiger partial charge in [-0.1, -0.05) is 24.0 Å². The van der Waals surface area contributed by atoms with Crippen LogP contribution >= 0.6 is 24.0 Å². The largest absolute Gasteiger partial charge is 0.548 e. The van der Waals surface area contributed by atoms with Gasteiger partial charge in [-0.05, 0) is 6.92 Å². The van der Waals surface area contributed by atoms with Crippen molar-refractivity contribution < 1.29 is 14.7 Å². The van der Waals surface area contributed by atoms with Gasteiger partial charge in [0, 0.05) is 0 Å². The fraction of sp³-hybridized carbons (Fsp3) is 0.500. The van der Waals surface area contributed by atoms with Gasteiger partial charge in [-0.2, -0.15) is 0 Å². The lowest BCUT2D eigenvalue weighted by atomic mass is 10.4. The van der Waals surface area contributed by atoms with Gasteiger partial charge in [0.05, 0.1) is 17.8 Å². The van der Waals surface area contributed by atoms with E-state index in [0.717, 1.165) is 4.90 Å². The number of nitrogens with zero attached hydrogens (tertiary/aromatic N) is 1. The zero-order chi connectivity index (χ0) is 9.30. The van der Waals surface area contributed by atoms with Crippen molar-refractivity contribution in [2.75, 3.05) is 6.54 Å². The molecule has 1 rings (SSSR count). The number of amides is 1. The quantitative estimate of drug-likeness (QED) is 0.539. The van der Waals surface area contributed by atoms with Gasteiger partial charge in [0.15, 0.2) is 0 Å². The molecule has 12 heavy (non-hydrogen) atoms. The molecule has 1 atom stereocenters. The first-order valence-electron chi connectivity index (χ1n) is 3.24. The number of carboxylic acids is 1. The Morgan fingerprint density at radius 3 is 2.75 bits per heavy atom. The SMILES string of the molecule is C[C@H]1SC(=S)N(CC(=O)[O-])C1=O. The molecule has 1 heterocycles. The summed E-state index contributed by atoms with van der Waals surface area (Å²) in [5.74, 6) is -1.55. The second-order valence-corrected chi connectivity index (χ2v) is 4.30. The van der Waals surface area contributed by atoms with E-state index in [2.05, 4.69) is 0 Å². The molecular formula is C6H6NO3S2-. The van der Waals surface area contributed by atoms with Crippen molar-refractivity contribution in [1.82, 2.24) is 4.90 Å². The van der Waals surface area contributed by atoms with E-state index >= 15 is 0 Å². The van der Waals surface area contributed by atoms with Crippen molar-refractivity contribution in [1.29, 1.82) is 0 Å². The Kier molecular flexibility index (Phi) is 2.69. The molecule has 1 aliphatic heterocycles. The predicted octanol–water partition coefficient (Wildman–Crippen LogP) is -1.01. The molecule has 0 unspecified atom stereocenters. The molecule has 1 aliphatic rings. The van der Waals surface area contributed by atoms with Gasteiger partial charge in [-0.25, -0.2) is 0 Å². The Morgan fingerprint density at radius 2 is 2.42 bits per heavy atom. The molecule has 0 aromatic carbocycles. The standard InChI is InChI=1S/C6H7NO3S2/c1-3-5(10)7(2-4(8)9)6(11)12-3/h3H,2H2,1H3,(H,8,9)/p-1/t3-/m1/s1. The first-order valence-corrected chi connectivity index (χ1v) is 4.53. The third kappa shape index (κ3) is 1.75. The van der Waals surface area contributed by atoms with E-state index in [1.165, 1.54) is 11.8 Å². The van der Waals surface area contributed by atoms with E-state index in [4.69, 9.17) is 12.2 Å². The summed E-state index contributed by atoms with van der Waals surface area (Å²) in [6.07, 6.45) is 0. The van der Waals surface area contributed by atoms with Gasteiger partial charge >= 0.3 is 0 Å². The molecule has 0 radical (unpaired) electrons. The van der Waals surface area contributed by atoms with Crippen LogP contribution in [0, 0.1) is 0 Å². The van der Waals surface area contributed by atoms with Gasteiger partial charge in [-0.3, -0.25) is 9.69 Å². The van der Waals surface area contributed by atoms with Crippen LogP contribution in [0.5, 0.6) is 0 Å². The second kappa shape index (κ2) is 3.40. The van der Waals surface area contributed by atoms with E-state index in [-0.39, 0.29) is 11.2 Å². The molecule has 1 amide bonds. The molecule has 66 valence electrons. The summed E-state index contributed by atoms with van der Waals surface area (Å²) in [5.41, 5.74) is 0. The van der Waals surface area contributed by atoms with Crippen molar-refractivity contribution >= 4 is 40.2 Å². The van der Waals surface area contributed by atoms with E-state index in [1.807, 2.05) is 0 Å². The van der Waals surface area contributed by atoms with Crippen LogP contribution in [0.3, 0.4) is 0 Å². The number of carbonyl (C=O) groups is 2. The van der Waals surface area contributed by atoms with Crippen molar-refractivity contribution in [3.05, 3.63) is 0 Å². The smallest absolute Gasteiger partial charge is 0.241 e. The topological polar surface area (TPSA) is 60.4 Å². The maximum Gasteiger partial charge on any atom is 0.241 e. The Bertz CT molecular complexity index is 253. The first-order chi connectivity index (χ1) is 5.52. The van der Waals surface area contributed by atoms with Gasteiger partial charge in [0.25, 0.3) is 0 Å². The number of hydrogen-bond donors (Lipinski definition) is 0. The molecule has 4 nitrogen and oxygen atoms in total. The monoisotopic (exact) mass is 204 g/mol. The minimum absolute atomic E-state index is 0.255. The summed E-state index contributed by atoms with van der Waals surface area (Å²) in [4.78, 5) is 22.4. The number of carboxylic acid groups (broad SMARTS) is 1. The van der Waals surface area contributed by atoms with Gasteiger partial charge in [-0.15, -0.1) is 0 Å². The van der Waals surface area contributed by atoms with E-state index in [0.29, 0.717) is 4.32 Å². The summed E-state index contributed by atoms with van der Waals surface area (Å²) in [5, 5.41) is 9.91. The molecule has 0 N–H and O–H groups in total. The molecular weight excluding hydrogens is 198 g/mol. The van der Waals surface area contributed by atoms with E-state index < -0.39 is 12.5 Å². The number of hydrogen-bond acceptors (Lipinski definition) is 5. The predicted molar refractivity (Wildman–Crippen MR) is 46.4 cm³/mol.